The normalized spacial score (nSPS) is 12.1. The van der Waals surface area contributed by atoms with Gasteiger partial charge in [0, 0.05) is 20.8 Å². The van der Waals surface area contributed by atoms with E-state index in [1.165, 1.54) is 6.33 Å². The van der Waals surface area contributed by atoms with E-state index in [-0.39, 0.29) is 6.04 Å². The molecule has 0 saturated heterocycles. The zero-order valence-electron chi connectivity index (χ0n) is 12.4. The fourth-order valence-electron chi connectivity index (χ4n) is 1.92. The summed E-state index contributed by atoms with van der Waals surface area (Å²) in [5.74, 6) is 7.02. The monoisotopic (exact) mass is 285 g/mol. The molecule has 1 unspecified atom stereocenters. The average molecular weight is 285 g/mol. The van der Waals surface area contributed by atoms with Crippen molar-refractivity contribution in [1.82, 2.24) is 9.97 Å². The number of anilines is 2. The molecule has 0 amide bonds. The zero-order valence-corrected chi connectivity index (χ0v) is 12.4. The maximum Gasteiger partial charge on any atom is 0.205 e. The molecular formula is C12H23N5O3. The Morgan fingerprint density at radius 2 is 2.05 bits per heavy atom. The third-order valence-electron chi connectivity index (χ3n) is 2.87. The summed E-state index contributed by atoms with van der Waals surface area (Å²) in [5, 5.41) is 0. The minimum Gasteiger partial charge on any atom is -0.490 e. The van der Waals surface area contributed by atoms with Crippen LogP contribution in [-0.2, 0) is 9.47 Å². The number of nitrogens with two attached hydrogens (primary N) is 1. The smallest absolute Gasteiger partial charge is 0.205 e. The van der Waals surface area contributed by atoms with Gasteiger partial charge in [-0.2, -0.15) is 0 Å². The van der Waals surface area contributed by atoms with Gasteiger partial charge in [0.1, 0.15) is 6.33 Å². The topological polar surface area (TPSA) is 94.8 Å². The quantitative estimate of drug-likeness (QED) is 0.493. The third-order valence-corrected chi connectivity index (χ3v) is 2.87. The highest BCUT2D eigenvalue weighted by atomic mass is 16.5. The third kappa shape index (κ3) is 3.92. The van der Waals surface area contributed by atoms with Crippen molar-refractivity contribution in [3.8, 4) is 5.75 Å². The molecule has 0 aromatic carbocycles. The van der Waals surface area contributed by atoms with Gasteiger partial charge in [0.05, 0.1) is 26.4 Å². The van der Waals surface area contributed by atoms with E-state index < -0.39 is 0 Å². The van der Waals surface area contributed by atoms with Crippen molar-refractivity contribution in [2.24, 2.45) is 5.84 Å². The Morgan fingerprint density at radius 1 is 1.30 bits per heavy atom. The summed E-state index contributed by atoms with van der Waals surface area (Å²) in [6.07, 6.45) is 1.44. The number of methoxy groups -OCH3 is 3. The van der Waals surface area contributed by atoms with Crippen molar-refractivity contribution in [2.75, 3.05) is 51.4 Å². The molecule has 0 radical (unpaired) electrons. The highest BCUT2D eigenvalue weighted by Crippen LogP contribution is 2.32. The summed E-state index contributed by atoms with van der Waals surface area (Å²) in [4.78, 5) is 10.4. The molecule has 1 aromatic rings. The van der Waals surface area contributed by atoms with Crippen LogP contribution in [0.25, 0.3) is 0 Å². The number of rotatable bonds is 9. The van der Waals surface area contributed by atoms with Crippen molar-refractivity contribution in [2.45, 2.75) is 13.0 Å². The molecule has 1 aromatic heterocycles. The summed E-state index contributed by atoms with van der Waals surface area (Å²) < 4.78 is 15.7. The molecule has 3 N–H and O–H groups in total. The summed E-state index contributed by atoms with van der Waals surface area (Å²) in [6.45, 7) is 3.81. The molecule has 8 heteroatoms. The van der Waals surface area contributed by atoms with E-state index in [2.05, 4.69) is 15.4 Å². The predicted molar refractivity (Wildman–Crippen MR) is 77.0 cm³/mol. The fourth-order valence-corrected chi connectivity index (χ4v) is 1.92. The Hall–Kier alpha value is -1.64. The lowest BCUT2D eigenvalue weighted by molar-refractivity contribution is 0.170. The number of hydrogen-bond donors (Lipinski definition) is 2. The fraction of sp³-hybridized carbons (Fsp3) is 0.667. The highest BCUT2D eigenvalue weighted by molar-refractivity contribution is 5.64. The first kappa shape index (κ1) is 16.4. The lowest BCUT2D eigenvalue weighted by Crippen LogP contribution is -2.39. The van der Waals surface area contributed by atoms with Crippen LogP contribution in [-0.4, -0.2) is 57.1 Å². The summed E-state index contributed by atoms with van der Waals surface area (Å²) in [7, 11) is 4.87. The van der Waals surface area contributed by atoms with E-state index in [0.29, 0.717) is 37.1 Å². The van der Waals surface area contributed by atoms with Crippen LogP contribution in [0.1, 0.15) is 6.92 Å². The van der Waals surface area contributed by atoms with Crippen molar-refractivity contribution in [3.63, 3.8) is 0 Å². The van der Waals surface area contributed by atoms with Crippen LogP contribution in [0.4, 0.5) is 11.6 Å². The maximum absolute atomic E-state index is 5.44. The van der Waals surface area contributed by atoms with Gasteiger partial charge in [0.25, 0.3) is 0 Å². The van der Waals surface area contributed by atoms with Crippen LogP contribution < -0.4 is 20.9 Å². The van der Waals surface area contributed by atoms with Gasteiger partial charge in [0.15, 0.2) is 11.6 Å². The number of ether oxygens (including phenoxy) is 3. The standard InChI is InChI=1S/C12H23N5O3/c1-9(7-19-3)17(5-6-18-2)12-10(20-4)11(16-13)14-8-15-12/h8-9H,5-7,13H2,1-4H3,(H,14,15,16). The number of hydrazine groups is 1. The first-order valence-corrected chi connectivity index (χ1v) is 6.29. The van der Waals surface area contributed by atoms with E-state index in [1.807, 2.05) is 11.8 Å². The van der Waals surface area contributed by atoms with Crippen molar-refractivity contribution in [3.05, 3.63) is 6.33 Å². The highest BCUT2D eigenvalue weighted by Gasteiger charge is 2.22. The van der Waals surface area contributed by atoms with Crippen LogP contribution in [0.15, 0.2) is 6.33 Å². The average Bonchev–Trinajstić information content (AvgIpc) is 2.47. The van der Waals surface area contributed by atoms with Gasteiger partial charge in [-0.25, -0.2) is 15.8 Å². The molecule has 0 spiro atoms. The number of hydrogen-bond acceptors (Lipinski definition) is 8. The first-order chi connectivity index (χ1) is 9.69. The van der Waals surface area contributed by atoms with E-state index in [9.17, 15) is 0 Å². The van der Waals surface area contributed by atoms with Gasteiger partial charge in [-0.05, 0) is 6.92 Å². The van der Waals surface area contributed by atoms with Gasteiger partial charge in [-0.15, -0.1) is 0 Å². The maximum atomic E-state index is 5.44. The second kappa shape index (κ2) is 8.51. The van der Waals surface area contributed by atoms with Crippen LogP contribution >= 0.6 is 0 Å². The van der Waals surface area contributed by atoms with Gasteiger partial charge in [0.2, 0.25) is 5.75 Å². The molecule has 114 valence electrons. The number of nitrogens with one attached hydrogen (secondary N) is 1. The minimum absolute atomic E-state index is 0.101. The van der Waals surface area contributed by atoms with E-state index >= 15 is 0 Å². The number of nitrogen functional groups attached to an aromatic ring is 1. The van der Waals surface area contributed by atoms with Gasteiger partial charge in [-0.1, -0.05) is 0 Å². The van der Waals surface area contributed by atoms with Gasteiger partial charge in [-0.3, -0.25) is 0 Å². The van der Waals surface area contributed by atoms with Gasteiger partial charge < -0.3 is 24.5 Å². The summed E-state index contributed by atoms with van der Waals surface area (Å²) in [6, 6.07) is 0.101. The lowest BCUT2D eigenvalue weighted by Gasteiger charge is -2.30. The largest absolute Gasteiger partial charge is 0.490 e. The van der Waals surface area contributed by atoms with Crippen molar-refractivity contribution < 1.29 is 14.2 Å². The van der Waals surface area contributed by atoms with Crippen molar-refractivity contribution in [1.29, 1.82) is 0 Å². The second-order valence-corrected chi connectivity index (χ2v) is 4.21. The molecular weight excluding hydrogens is 262 g/mol. The van der Waals surface area contributed by atoms with Gasteiger partial charge >= 0.3 is 0 Å². The molecule has 20 heavy (non-hydrogen) atoms. The molecule has 0 aliphatic rings. The molecule has 0 bridgehead atoms. The number of nitrogens with zero attached hydrogens (tertiary/aromatic N) is 3. The predicted octanol–water partition coefficient (Wildman–Crippen LogP) is 0.259. The SMILES string of the molecule is COCCN(c1ncnc(NN)c1OC)C(C)COC. The Balaban J connectivity index is 3.11. The Labute approximate surface area is 119 Å². The van der Waals surface area contributed by atoms with Crippen LogP contribution in [0.3, 0.4) is 0 Å². The van der Waals surface area contributed by atoms with Crippen molar-refractivity contribution >= 4 is 11.6 Å². The number of aromatic nitrogens is 2. The summed E-state index contributed by atoms with van der Waals surface area (Å²) >= 11 is 0. The molecule has 1 heterocycles. The Morgan fingerprint density at radius 3 is 2.60 bits per heavy atom. The minimum atomic E-state index is 0.101. The Bertz CT molecular complexity index is 405. The zero-order chi connectivity index (χ0) is 15.0. The van der Waals surface area contributed by atoms with E-state index in [1.54, 1.807) is 21.3 Å². The molecule has 1 atom stereocenters. The van der Waals surface area contributed by atoms with E-state index in [4.69, 9.17) is 20.1 Å². The molecule has 8 nitrogen and oxygen atoms in total. The molecule has 0 fully saturated rings. The van der Waals surface area contributed by atoms with Crippen LogP contribution in [0.2, 0.25) is 0 Å². The molecule has 0 aliphatic heterocycles. The lowest BCUT2D eigenvalue weighted by atomic mass is 10.2. The van der Waals surface area contributed by atoms with Crippen LogP contribution in [0, 0.1) is 0 Å². The second-order valence-electron chi connectivity index (χ2n) is 4.21. The first-order valence-electron chi connectivity index (χ1n) is 6.29. The summed E-state index contributed by atoms with van der Waals surface area (Å²) in [5.41, 5.74) is 2.50. The molecule has 0 aliphatic carbocycles. The molecule has 1 rings (SSSR count). The Kier molecular flexibility index (Phi) is 6.99. The van der Waals surface area contributed by atoms with E-state index in [0.717, 1.165) is 0 Å². The molecule has 0 saturated carbocycles. The van der Waals surface area contributed by atoms with Crippen LogP contribution in [0.5, 0.6) is 5.75 Å².